The van der Waals surface area contributed by atoms with E-state index in [2.05, 4.69) is 4.98 Å². The Kier molecular flexibility index (Phi) is 3.83. The molecule has 0 aliphatic rings. The first-order valence-electron chi connectivity index (χ1n) is 5.84. The molecule has 0 bridgehead atoms. The first-order chi connectivity index (χ1) is 9.61. The molecule has 1 heterocycles. The van der Waals surface area contributed by atoms with Gasteiger partial charge in [0.2, 0.25) is 0 Å². The molecule has 0 atom stereocenters. The maximum atomic E-state index is 13.1. The van der Waals surface area contributed by atoms with Gasteiger partial charge in [0.1, 0.15) is 5.82 Å². The standard InChI is InChI=1S/C14H10ClFN2S2/c15-10-5-8(1-3-11(10)16)7-19-14-18-12-4-2-9(17)6-13(12)20-14/h1-6H,7,17H2. The van der Waals surface area contributed by atoms with Gasteiger partial charge in [-0.1, -0.05) is 29.4 Å². The van der Waals surface area contributed by atoms with Crippen LogP contribution in [0.3, 0.4) is 0 Å². The van der Waals surface area contributed by atoms with E-state index >= 15 is 0 Å². The molecule has 2 nitrogen and oxygen atoms in total. The lowest BCUT2D eigenvalue weighted by atomic mass is 10.2. The van der Waals surface area contributed by atoms with E-state index in [9.17, 15) is 4.39 Å². The van der Waals surface area contributed by atoms with E-state index in [0.717, 1.165) is 25.8 Å². The van der Waals surface area contributed by atoms with E-state index in [1.54, 1.807) is 35.2 Å². The molecule has 0 saturated carbocycles. The second-order valence-electron chi connectivity index (χ2n) is 4.24. The molecule has 0 radical (unpaired) electrons. The van der Waals surface area contributed by atoms with Crippen LogP contribution >= 0.6 is 34.7 Å². The molecule has 0 saturated heterocycles. The summed E-state index contributed by atoms with van der Waals surface area (Å²) in [6, 6.07) is 10.5. The second kappa shape index (κ2) is 5.60. The Morgan fingerprint density at radius 1 is 1.25 bits per heavy atom. The summed E-state index contributed by atoms with van der Waals surface area (Å²) in [5.74, 6) is 0.311. The fourth-order valence-corrected chi connectivity index (χ4v) is 4.02. The predicted octanol–water partition coefficient (Wildman–Crippen LogP) is 4.96. The van der Waals surface area contributed by atoms with Crippen LogP contribution in [-0.4, -0.2) is 4.98 Å². The number of nitrogens with two attached hydrogens (primary N) is 1. The van der Waals surface area contributed by atoms with Crippen molar-refractivity contribution in [2.24, 2.45) is 0 Å². The molecule has 6 heteroatoms. The van der Waals surface area contributed by atoms with Gasteiger partial charge in [-0.25, -0.2) is 9.37 Å². The third kappa shape index (κ3) is 2.90. The van der Waals surface area contributed by atoms with E-state index in [1.165, 1.54) is 6.07 Å². The third-order valence-electron chi connectivity index (χ3n) is 2.74. The Hall–Kier alpha value is -1.30. The first kappa shape index (κ1) is 13.7. The number of thiazole rings is 1. The molecule has 3 aromatic rings. The van der Waals surface area contributed by atoms with Crippen molar-refractivity contribution in [1.82, 2.24) is 4.98 Å². The summed E-state index contributed by atoms with van der Waals surface area (Å²) >= 11 is 8.97. The minimum atomic E-state index is -0.393. The Morgan fingerprint density at radius 3 is 2.90 bits per heavy atom. The van der Waals surface area contributed by atoms with E-state index < -0.39 is 5.82 Å². The van der Waals surface area contributed by atoms with Crippen LogP contribution in [0.1, 0.15) is 5.56 Å². The molecule has 3 rings (SSSR count). The van der Waals surface area contributed by atoms with Gasteiger partial charge in [-0.2, -0.15) is 0 Å². The molecular formula is C14H10ClFN2S2. The van der Waals surface area contributed by atoms with Gasteiger partial charge in [-0.3, -0.25) is 0 Å². The average Bonchev–Trinajstić information content (AvgIpc) is 2.82. The van der Waals surface area contributed by atoms with Crippen molar-refractivity contribution in [2.45, 2.75) is 10.1 Å². The molecule has 0 aliphatic heterocycles. The van der Waals surface area contributed by atoms with Gasteiger partial charge in [0.25, 0.3) is 0 Å². The zero-order valence-corrected chi connectivity index (χ0v) is 12.7. The second-order valence-corrected chi connectivity index (χ2v) is 6.90. The number of rotatable bonds is 3. The van der Waals surface area contributed by atoms with Gasteiger partial charge >= 0.3 is 0 Å². The highest BCUT2D eigenvalue weighted by Crippen LogP contribution is 2.32. The van der Waals surface area contributed by atoms with Gasteiger partial charge in [0, 0.05) is 11.4 Å². The SMILES string of the molecule is Nc1ccc2nc(SCc3ccc(F)c(Cl)c3)sc2c1. The van der Waals surface area contributed by atoms with Crippen molar-refractivity contribution in [3.8, 4) is 0 Å². The fourth-order valence-electron chi connectivity index (χ4n) is 1.76. The molecule has 0 fully saturated rings. The first-order valence-corrected chi connectivity index (χ1v) is 8.02. The molecule has 102 valence electrons. The highest BCUT2D eigenvalue weighted by Gasteiger charge is 2.06. The normalized spacial score (nSPS) is 11.1. The maximum Gasteiger partial charge on any atom is 0.151 e. The zero-order valence-electron chi connectivity index (χ0n) is 10.3. The van der Waals surface area contributed by atoms with Crippen molar-refractivity contribution in [1.29, 1.82) is 0 Å². The average molecular weight is 325 g/mol. The number of nitrogens with zero attached hydrogens (tertiary/aromatic N) is 1. The lowest BCUT2D eigenvalue weighted by Gasteiger charge is -2.00. The molecule has 20 heavy (non-hydrogen) atoms. The summed E-state index contributed by atoms with van der Waals surface area (Å²) in [6.45, 7) is 0. The Labute approximate surface area is 128 Å². The smallest absolute Gasteiger partial charge is 0.151 e. The monoisotopic (exact) mass is 324 g/mol. The van der Waals surface area contributed by atoms with Crippen LogP contribution in [0.4, 0.5) is 10.1 Å². The summed E-state index contributed by atoms with van der Waals surface area (Å²) in [6.07, 6.45) is 0. The summed E-state index contributed by atoms with van der Waals surface area (Å²) in [5.41, 5.74) is 8.41. The summed E-state index contributed by atoms with van der Waals surface area (Å²) < 4.78 is 15.1. The number of benzene rings is 2. The highest BCUT2D eigenvalue weighted by atomic mass is 35.5. The number of thioether (sulfide) groups is 1. The minimum absolute atomic E-state index is 0.153. The van der Waals surface area contributed by atoms with Gasteiger partial charge in [0.15, 0.2) is 4.34 Å². The van der Waals surface area contributed by atoms with Crippen molar-refractivity contribution in [3.05, 3.63) is 52.8 Å². The van der Waals surface area contributed by atoms with Gasteiger partial charge in [-0.05, 0) is 35.9 Å². The fraction of sp³-hybridized carbons (Fsp3) is 0.0714. The number of hydrogen-bond acceptors (Lipinski definition) is 4. The summed E-state index contributed by atoms with van der Waals surface area (Å²) in [4.78, 5) is 4.53. The predicted molar refractivity (Wildman–Crippen MR) is 85.0 cm³/mol. The van der Waals surface area contributed by atoms with Gasteiger partial charge in [0.05, 0.1) is 15.2 Å². The summed E-state index contributed by atoms with van der Waals surface area (Å²) in [5, 5.41) is 0.153. The van der Waals surface area contributed by atoms with Crippen molar-refractivity contribution in [3.63, 3.8) is 0 Å². The van der Waals surface area contributed by atoms with Crippen LogP contribution < -0.4 is 5.73 Å². The molecule has 2 N–H and O–H groups in total. The van der Waals surface area contributed by atoms with Crippen molar-refractivity contribution < 1.29 is 4.39 Å². The lowest BCUT2D eigenvalue weighted by Crippen LogP contribution is -1.83. The Balaban J connectivity index is 1.77. The molecule has 0 spiro atoms. The van der Waals surface area contributed by atoms with Crippen LogP contribution in [0.5, 0.6) is 0 Å². The number of nitrogen functional groups attached to an aromatic ring is 1. The molecule has 1 aromatic heterocycles. The van der Waals surface area contributed by atoms with Crippen LogP contribution in [-0.2, 0) is 5.75 Å². The van der Waals surface area contributed by atoms with Crippen LogP contribution in [0, 0.1) is 5.82 Å². The van der Waals surface area contributed by atoms with Gasteiger partial charge < -0.3 is 5.73 Å². The van der Waals surface area contributed by atoms with Crippen LogP contribution in [0.15, 0.2) is 40.7 Å². The molecule has 0 aliphatic carbocycles. The lowest BCUT2D eigenvalue weighted by molar-refractivity contribution is 0.628. The number of hydrogen-bond donors (Lipinski definition) is 1. The van der Waals surface area contributed by atoms with Crippen molar-refractivity contribution >= 4 is 50.6 Å². The number of anilines is 1. The number of halogens is 2. The molecule has 2 aromatic carbocycles. The summed E-state index contributed by atoms with van der Waals surface area (Å²) in [7, 11) is 0. The van der Waals surface area contributed by atoms with Crippen molar-refractivity contribution in [2.75, 3.05) is 5.73 Å². The van der Waals surface area contributed by atoms with E-state index in [1.807, 2.05) is 18.2 Å². The Bertz CT molecular complexity index is 773. The molecule has 0 unspecified atom stereocenters. The molecular weight excluding hydrogens is 315 g/mol. The maximum absolute atomic E-state index is 13.1. The topological polar surface area (TPSA) is 38.9 Å². The largest absolute Gasteiger partial charge is 0.399 e. The minimum Gasteiger partial charge on any atom is -0.399 e. The quantitative estimate of drug-likeness (QED) is 0.546. The van der Waals surface area contributed by atoms with E-state index in [-0.39, 0.29) is 5.02 Å². The van der Waals surface area contributed by atoms with E-state index in [0.29, 0.717) is 5.75 Å². The van der Waals surface area contributed by atoms with E-state index in [4.69, 9.17) is 17.3 Å². The van der Waals surface area contributed by atoms with Gasteiger partial charge in [-0.15, -0.1) is 11.3 Å². The highest BCUT2D eigenvalue weighted by molar-refractivity contribution is 8.00. The van der Waals surface area contributed by atoms with Crippen LogP contribution in [0.2, 0.25) is 5.02 Å². The number of aromatic nitrogens is 1. The van der Waals surface area contributed by atoms with Crippen LogP contribution in [0.25, 0.3) is 10.2 Å². The third-order valence-corrected chi connectivity index (χ3v) is 5.26. The zero-order chi connectivity index (χ0) is 14.1. The molecule has 0 amide bonds. The number of fused-ring (bicyclic) bond motifs is 1. The Morgan fingerprint density at radius 2 is 2.10 bits per heavy atom.